The van der Waals surface area contributed by atoms with Crippen LogP contribution in [0, 0.1) is 6.92 Å². The summed E-state index contributed by atoms with van der Waals surface area (Å²) in [6.45, 7) is 1.98. The summed E-state index contributed by atoms with van der Waals surface area (Å²) in [6, 6.07) is 18.3. The number of fused-ring (bicyclic) bond motifs is 1. The lowest BCUT2D eigenvalue weighted by Crippen LogP contribution is -2.14. The van der Waals surface area contributed by atoms with Gasteiger partial charge in [-0.25, -0.2) is 4.98 Å². The van der Waals surface area contributed by atoms with Crippen molar-refractivity contribution in [1.29, 1.82) is 0 Å². The molecule has 2 aromatic heterocycles. The van der Waals surface area contributed by atoms with E-state index in [2.05, 4.69) is 5.32 Å². The number of aryl methyl sites for hydroxylation is 1. The molecule has 27 heavy (non-hydrogen) atoms. The van der Waals surface area contributed by atoms with Gasteiger partial charge in [-0.3, -0.25) is 9.20 Å². The summed E-state index contributed by atoms with van der Waals surface area (Å²) in [7, 11) is 0. The van der Waals surface area contributed by atoms with E-state index >= 15 is 0 Å². The highest BCUT2D eigenvalue weighted by atomic mass is 35.5. The predicted octanol–water partition coefficient (Wildman–Crippen LogP) is 5.87. The number of hydrogen-bond acceptors (Lipinski definition) is 2. The number of rotatable bonds is 3. The fraction of sp³-hybridized carbons (Fsp3) is 0.0476. The molecule has 134 valence electrons. The lowest BCUT2D eigenvalue weighted by atomic mass is 10.1. The number of carbonyl (C=O) groups is 1. The van der Waals surface area contributed by atoms with Crippen LogP contribution < -0.4 is 5.32 Å². The van der Waals surface area contributed by atoms with Gasteiger partial charge in [-0.05, 0) is 42.8 Å². The van der Waals surface area contributed by atoms with Gasteiger partial charge in [0, 0.05) is 17.3 Å². The maximum Gasteiger partial charge on any atom is 0.256 e. The SMILES string of the molecule is Cc1cccn2c(NC(=O)c3ccccc3)c(-c3ccc(Cl)c(Cl)c3)nc12. The molecule has 0 saturated heterocycles. The summed E-state index contributed by atoms with van der Waals surface area (Å²) in [6.07, 6.45) is 1.87. The maximum atomic E-state index is 12.7. The first-order chi connectivity index (χ1) is 13.0. The van der Waals surface area contributed by atoms with Gasteiger partial charge in [0.05, 0.1) is 10.0 Å². The van der Waals surface area contributed by atoms with Crippen LogP contribution in [0.5, 0.6) is 0 Å². The molecule has 0 fully saturated rings. The number of anilines is 1. The van der Waals surface area contributed by atoms with Crippen LogP contribution in [0.4, 0.5) is 5.82 Å². The Kier molecular flexibility index (Phi) is 4.60. The Morgan fingerprint density at radius 1 is 1.00 bits per heavy atom. The second kappa shape index (κ2) is 7.06. The highest BCUT2D eigenvalue weighted by molar-refractivity contribution is 6.42. The van der Waals surface area contributed by atoms with Crippen molar-refractivity contribution >= 4 is 40.6 Å². The second-order valence-corrected chi connectivity index (χ2v) is 6.96. The Bertz CT molecular complexity index is 1150. The van der Waals surface area contributed by atoms with Gasteiger partial charge in [-0.1, -0.05) is 53.5 Å². The molecule has 0 bridgehead atoms. The van der Waals surface area contributed by atoms with Crippen molar-refractivity contribution in [3.63, 3.8) is 0 Å². The van der Waals surface area contributed by atoms with Gasteiger partial charge in [-0.15, -0.1) is 0 Å². The van der Waals surface area contributed by atoms with Gasteiger partial charge in [0.1, 0.15) is 17.2 Å². The standard InChI is InChI=1S/C21H15Cl2N3O/c1-13-6-5-11-26-19(13)24-18(15-9-10-16(22)17(23)12-15)20(26)25-21(27)14-7-3-2-4-8-14/h2-12H,1H3,(H,25,27). The van der Waals surface area contributed by atoms with Crippen LogP contribution in [0.3, 0.4) is 0 Å². The van der Waals surface area contributed by atoms with Crippen LogP contribution in [-0.4, -0.2) is 15.3 Å². The first kappa shape index (κ1) is 17.6. The molecule has 0 aliphatic carbocycles. The monoisotopic (exact) mass is 395 g/mol. The van der Waals surface area contributed by atoms with Crippen LogP contribution in [-0.2, 0) is 0 Å². The van der Waals surface area contributed by atoms with Crippen LogP contribution in [0.1, 0.15) is 15.9 Å². The molecule has 6 heteroatoms. The zero-order valence-corrected chi connectivity index (χ0v) is 15.9. The van der Waals surface area contributed by atoms with Gasteiger partial charge >= 0.3 is 0 Å². The number of nitrogens with one attached hydrogen (secondary N) is 1. The van der Waals surface area contributed by atoms with E-state index in [-0.39, 0.29) is 5.91 Å². The molecule has 0 saturated carbocycles. The van der Waals surface area contributed by atoms with E-state index in [4.69, 9.17) is 28.2 Å². The molecule has 0 unspecified atom stereocenters. The number of benzene rings is 2. The molecule has 0 spiro atoms. The minimum absolute atomic E-state index is 0.208. The largest absolute Gasteiger partial charge is 0.306 e. The third-order valence-corrected chi connectivity index (χ3v) is 5.05. The smallest absolute Gasteiger partial charge is 0.256 e. The third kappa shape index (κ3) is 3.29. The molecule has 0 aliphatic rings. The zero-order chi connectivity index (χ0) is 19.0. The summed E-state index contributed by atoms with van der Waals surface area (Å²) in [5, 5.41) is 3.90. The average Bonchev–Trinajstić information content (AvgIpc) is 3.04. The number of imidazole rings is 1. The lowest BCUT2D eigenvalue weighted by molar-refractivity contribution is 0.102. The van der Waals surface area contributed by atoms with Gasteiger partial charge in [0.2, 0.25) is 0 Å². The summed E-state index contributed by atoms with van der Waals surface area (Å²) < 4.78 is 1.87. The predicted molar refractivity (Wildman–Crippen MR) is 110 cm³/mol. The van der Waals surface area contributed by atoms with Gasteiger partial charge in [0.15, 0.2) is 0 Å². The van der Waals surface area contributed by atoms with Crippen molar-refractivity contribution in [3.8, 4) is 11.3 Å². The van der Waals surface area contributed by atoms with Gasteiger partial charge in [-0.2, -0.15) is 0 Å². The normalized spacial score (nSPS) is 10.9. The Balaban J connectivity index is 1.88. The molecule has 4 aromatic rings. The summed E-state index contributed by atoms with van der Waals surface area (Å²) >= 11 is 12.2. The maximum absolute atomic E-state index is 12.7. The molecule has 0 aliphatic heterocycles. The fourth-order valence-corrected chi connectivity index (χ4v) is 3.24. The van der Waals surface area contributed by atoms with Gasteiger partial charge in [0.25, 0.3) is 5.91 Å². The average molecular weight is 396 g/mol. The number of amides is 1. The van der Waals surface area contributed by atoms with E-state index in [9.17, 15) is 4.79 Å². The molecule has 0 atom stereocenters. The van der Waals surface area contributed by atoms with E-state index < -0.39 is 0 Å². The van der Waals surface area contributed by atoms with Crippen molar-refractivity contribution in [3.05, 3.63) is 88.0 Å². The number of carbonyl (C=O) groups excluding carboxylic acids is 1. The second-order valence-electron chi connectivity index (χ2n) is 6.14. The van der Waals surface area contributed by atoms with Crippen LogP contribution in [0.15, 0.2) is 66.9 Å². The van der Waals surface area contributed by atoms with E-state index in [1.807, 2.05) is 53.9 Å². The van der Waals surface area contributed by atoms with E-state index in [0.717, 1.165) is 16.8 Å². The van der Waals surface area contributed by atoms with E-state index in [1.165, 1.54) is 0 Å². The number of halogens is 2. The minimum atomic E-state index is -0.208. The first-order valence-corrected chi connectivity index (χ1v) is 9.09. The Labute approximate surface area is 166 Å². The van der Waals surface area contributed by atoms with Crippen molar-refractivity contribution in [2.24, 2.45) is 0 Å². The van der Waals surface area contributed by atoms with Crippen molar-refractivity contribution < 1.29 is 4.79 Å². The fourth-order valence-electron chi connectivity index (χ4n) is 2.94. The molecule has 1 N–H and O–H groups in total. The number of pyridine rings is 1. The van der Waals surface area contributed by atoms with Crippen molar-refractivity contribution in [1.82, 2.24) is 9.38 Å². The minimum Gasteiger partial charge on any atom is -0.306 e. The molecular weight excluding hydrogens is 381 g/mol. The Hall–Kier alpha value is -2.82. The van der Waals surface area contributed by atoms with E-state index in [1.54, 1.807) is 24.3 Å². The highest BCUT2D eigenvalue weighted by Crippen LogP contribution is 2.33. The molecule has 0 radical (unpaired) electrons. The molecule has 4 nitrogen and oxygen atoms in total. The first-order valence-electron chi connectivity index (χ1n) is 8.34. The van der Waals surface area contributed by atoms with Gasteiger partial charge < -0.3 is 5.32 Å². The van der Waals surface area contributed by atoms with Crippen LogP contribution >= 0.6 is 23.2 Å². The lowest BCUT2D eigenvalue weighted by Gasteiger charge is -2.09. The summed E-state index contributed by atoms with van der Waals surface area (Å²) in [5.74, 6) is 0.376. The zero-order valence-electron chi connectivity index (χ0n) is 14.4. The van der Waals surface area contributed by atoms with Crippen molar-refractivity contribution in [2.45, 2.75) is 6.92 Å². The number of nitrogens with zero attached hydrogens (tertiary/aromatic N) is 2. The molecule has 1 amide bonds. The van der Waals surface area contributed by atoms with Crippen molar-refractivity contribution in [2.75, 3.05) is 5.32 Å². The molecular formula is C21H15Cl2N3O. The Morgan fingerprint density at radius 2 is 1.78 bits per heavy atom. The van der Waals surface area contributed by atoms with Crippen LogP contribution in [0.2, 0.25) is 10.0 Å². The quantitative estimate of drug-likeness (QED) is 0.471. The topological polar surface area (TPSA) is 46.4 Å². The molecule has 4 rings (SSSR count). The summed E-state index contributed by atoms with van der Waals surface area (Å²) in [4.78, 5) is 17.5. The highest BCUT2D eigenvalue weighted by Gasteiger charge is 2.18. The Morgan fingerprint density at radius 3 is 2.52 bits per heavy atom. The molecule has 2 heterocycles. The number of hydrogen-bond donors (Lipinski definition) is 1. The molecule has 2 aromatic carbocycles. The third-order valence-electron chi connectivity index (χ3n) is 4.31. The summed E-state index contributed by atoms with van der Waals surface area (Å²) in [5.41, 5.74) is 3.74. The van der Waals surface area contributed by atoms with E-state index in [0.29, 0.717) is 27.1 Å². The van der Waals surface area contributed by atoms with Crippen LogP contribution in [0.25, 0.3) is 16.9 Å². The number of aromatic nitrogens is 2.